The average Bonchev–Trinajstić information content (AvgIpc) is 2.87. The van der Waals surface area contributed by atoms with Crippen molar-refractivity contribution in [2.24, 2.45) is 0 Å². The number of hydrogen-bond donors (Lipinski definition) is 0. The summed E-state index contributed by atoms with van der Waals surface area (Å²) in [7, 11) is -3.26. The summed E-state index contributed by atoms with van der Waals surface area (Å²) in [5.74, 6) is -0.327. The fourth-order valence-electron chi connectivity index (χ4n) is 1.65. The van der Waals surface area contributed by atoms with E-state index in [1.807, 2.05) is 0 Å². The van der Waals surface area contributed by atoms with Gasteiger partial charge in [-0.25, -0.2) is 18.2 Å². The number of hydrogen-bond acceptors (Lipinski definition) is 6. The van der Waals surface area contributed by atoms with E-state index >= 15 is 0 Å². The number of carbonyl (C=O) groups excluding carboxylic acids is 1. The van der Waals surface area contributed by atoms with Gasteiger partial charge in [-0.3, -0.25) is 0 Å². The minimum absolute atomic E-state index is 0.0685. The second-order valence-electron chi connectivity index (χ2n) is 4.05. The lowest BCUT2D eigenvalue weighted by molar-refractivity contribution is 0.0520. The topological polar surface area (TPSA) is 86.5 Å². The van der Waals surface area contributed by atoms with E-state index in [4.69, 9.17) is 9.15 Å². The van der Waals surface area contributed by atoms with Crippen LogP contribution < -0.4 is 0 Å². The molecule has 0 amide bonds. The first kappa shape index (κ1) is 14.3. The molecular weight excluding hydrogens is 282 g/mol. The molecule has 7 heteroatoms. The van der Waals surface area contributed by atoms with Gasteiger partial charge in [-0.15, -0.1) is 0 Å². The zero-order valence-electron chi connectivity index (χ0n) is 11.0. The third kappa shape index (κ3) is 2.88. The molecule has 0 atom stereocenters. The standard InChI is InChI=1S/C13H13NO5S/c1-3-18-13(15)11-12(19-8-14-11)9-4-6-10(7-5-9)20(2,16)17/h4-8H,3H2,1-2H3. The molecule has 0 aliphatic heterocycles. The van der Waals surface area contributed by atoms with Gasteiger partial charge in [-0.05, 0) is 31.2 Å². The van der Waals surface area contributed by atoms with Crippen molar-refractivity contribution < 1.29 is 22.4 Å². The zero-order valence-corrected chi connectivity index (χ0v) is 11.8. The summed E-state index contributed by atoms with van der Waals surface area (Å²) in [6.07, 6.45) is 2.27. The van der Waals surface area contributed by atoms with Crippen molar-refractivity contribution >= 4 is 15.8 Å². The van der Waals surface area contributed by atoms with Crippen LogP contribution in [-0.4, -0.2) is 32.2 Å². The van der Waals surface area contributed by atoms with Gasteiger partial charge in [-0.1, -0.05) is 0 Å². The van der Waals surface area contributed by atoms with Gasteiger partial charge >= 0.3 is 5.97 Å². The zero-order chi connectivity index (χ0) is 14.8. The Morgan fingerprint density at radius 1 is 1.30 bits per heavy atom. The number of ether oxygens (including phenoxy) is 1. The van der Waals surface area contributed by atoms with Crippen LogP contribution in [0.5, 0.6) is 0 Å². The van der Waals surface area contributed by atoms with Crippen LogP contribution in [0.3, 0.4) is 0 Å². The summed E-state index contributed by atoms with van der Waals surface area (Å²) in [6.45, 7) is 1.93. The third-order valence-corrected chi connectivity index (χ3v) is 3.71. The largest absolute Gasteiger partial charge is 0.461 e. The molecular formula is C13H13NO5S. The van der Waals surface area contributed by atoms with Crippen LogP contribution in [0.2, 0.25) is 0 Å². The van der Waals surface area contributed by atoms with Gasteiger partial charge in [0.15, 0.2) is 27.7 Å². The Bertz CT molecular complexity index is 715. The highest BCUT2D eigenvalue weighted by atomic mass is 32.2. The highest BCUT2D eigenvalue weighted by Gasteiger charge is 2.19. The van der Waals surface area contributed by atoms with Gasteiger partial charge < -0.3 is 9.15 Å². The number of rotatable bonds is 4. The van der Waals surface area contributed by atoms with Crippen LogP contribution in [-0.2, 0) is 14.6 Å². The van der Waals surface area contributed by atoms with E-state index in [1.165, 1.54) is 12.1 Å². The molecule has 0 fully saturated rings. The molecule has 2 aromatic rings. The molecule has 20 heavy (non-hydrogen) atoms. The highest BCUT2D eigenvalue weighted by molar-refractivity contribution is 7.90. The smallest absolute Gasteiger partial charge is 0.360 e. The van der Waals surface area contributed by atoms with E-state index < -0.39 is 15.8 Å². The molecule has 0 N–H and O–H groups in total. The first-order valence-electron chi connectivity index (χ1n) is 5.84. The molecule has 0 saturated heterocycles. The normalized spacial score (nSPS) is 11.3. The Balaban J connectivity index is 2.38. The minimum Gasteiger partial charge on any atom is -0.461 e. The molecule has 0 aliphatic carbocycles. The molecule has 0 bridgehead atoms. The number of sulfone groups is 1. The van der Waals surface area contributed by atoms with Crippen LogP contribution in [0, 0.1) is 0 Å². The first-order valence-corrected chi connectivity index (χ1v) is 7.73. The van der Waals surface area contributed by atoms with Crippen molar-refractivity contribution in [2.75, 3.05) is 12.9 Å². The molecule has 1 heterocycles. The molecule has 2 rings (SSSR count). The van der Waals surface area contributed by atoms with Crippen LogP contribution in [0.1, 0.15) is 17.4 Å². The second-order valence-corrected chi connectivity index (χ2v) is 6.06. The number of carbonyl (C=O) groups is 1. The summed E-state index contributed by atoms with van der Waals surface area (Å²) in [5, 5.41) is 0. The van der Waals surface area contributed by atoms with Crippen molar-refractivity contribution in [3.8, 4) is 11.3 Å². The van der Waals surface area contributed by atoms with E-state index in [1.54, 1.807) is 19.1 Å². The summed E-state index contributed by atoms with van der Waals surface area (Å²) >= 11 is 0. The van der Waals surface area contributed by atoms with Gasteiger partial charge in [0.1, 0.15) is 0 Å². The maximum absolute atomic E-state index is 11.7. The van der Waals surface area contributed by atoms with E-state index in [2.05, 4.69) is 4.98 Å². The highest BCUT2D eigenvalue weighted by Crippen LogP contribution is 2.25. The van der Waals surface area contributed by atoms with Crippen molar-refractivity contribution in [3.05, 3.63) is 36.4 Å². The predicted octanol–water partition coefficient (Wildman–Crippen LogP) is 1.92. The lowest BCUT2D eigenvalue weighted by Gasteiger charge is -2.03. The number of esters is 1. The van der Waals surface area contributed by atoms with Crippen molar-refractivity contribution in [1.29, 1.82) is 0 Å². The number of aromatic nitrogens is 1. The van der Waals surface area contributed by atoms with E-state index in [0.29, 0.717) is 5.56 Å². The van der Waals surface area contributed by atoms with Crippen molar-refractivity contribution in [1.82, 2.24) is 4.98 Å². The Hall–Kier alpha value is -2.15. The Morgan fingerprint density at radius 2 is 1.95 bits per heavy atom. The molecule has 0 unspecified atom stereocenters. The minimum atomic E-state index is -3.26. The van der Waals surface area contributed by atoms with Crippen LogP contribution >= 0.6 is 0 Å². The molecule has 1 aromatic heterocycles. The SMILES string of the molecule is CCOC(=O)c1ncoc1-c1ccc(S(C)(=O)=O)cc1. The van der Waals surface area contributed by atoms with Crippen LogP contribution in [0.15, 0.2) is 40.0 Å². The fraction of sp³-hybridized carbons (Fsp3) is 0.231. The molecule has 6 nitrogen and oxygen atoms in total. The summed E-state index contributed by atoms with van der Waals surface area (Å²) in [4.78, 5) is 15.7. The van der Waals surface area contributed by atoms with Gasteiger partial charge in [0.2, 0.25) is 0 Å². The van der Waals surface area contributed by atoms with Crippen molar-refractivity contribution in [2.45, 2.75) is 11.8 Å². The maximum Gasteiger partial charge on any atom is 0.360 e. The fourth-order valence-corrected chi connectivity index (χ4v) is 2.28. The van der Waals surface area contributed by atoms with Gasteiger partial charge in [0.25, 0.3) is 0 Å². The van der Waals surface area contributed by atoms with Gasteiger partial charge in [-0.2, -0.15) is 0 Å². The average molecular weight is 295 g/mol. The molecule has 0 radical (unpaired) electrons. The Morgan fingerprint density at radius 3 is 2.50 bits per heavy atom. The molecule has 1 aromatic carbocycles. The molecule has 106 valence electrons. The summed E-state index contributed by atoms with van der Waals surface area (Å²) in [5.41, 5.74) is 0.622. The summed E-state index contributed by atoms with van der Waals surface area (Å²) < 4.78 is 32.8. The van der Waals surface area contributed by atoms with Gasteiger partial charge in [0.05, 0.1) is 11.5 Å². The number of nitrogens with zero attached hydrogens (tertiary/aromatic N) is 1. The molecule has 0 spiro atoms. The molecule has 0 aliphatic rings. The second kappa shape index (κ2) is 5.46. The third-order valence-electron chi connectivity index (χ3n) is 2.58. The quantitative estimate of drug-likeness (QED) is 0.801. The Labute approximate surface area is 116 Å². The van der Waals surface area contributed by atoms with Gasteiger partial charge in [0, 0.05) is 11.8 Å². The molecule has 0 saturated carbocycles. The Kier molecular flexibility index (Phi) is 3.89. The van der Waals surface area contributed by atoms with Crippen LogP contribution in [0.4, 0.5) is 0 Å². The van der Waals surface area contributed by atoms with E-state index in [9.17, 15) is 13.2 Å². The van der Waals surface area contributed by atoms with Crippen LogP contribution in [0.25, 0.3) is 11.3 Å². The number of oxazole rings is 1. The lowest BCUT2D eigenvalue weighted by Crippen LogP contribution is -2.06. The first-order chi connectivity index (χ1) is 9.43. The summed E-state index contributed by atoms with van der Waals surface area (Å²) in [6, 6.07) is 6.00. The lowest BCUT2D eigenvalue weighted by atomic mass is 10.1. The van der Waals surface area contributed by atoms with E-state index in [-0.39, 0.29) is 23.0 Å². The monoisotopic (exact) mass is 295 g/mol. The predicted molar refractivity (Wildman–Crippen MR) is 71.0 cm³/mol. The number of benzene rings is 1. The maximum atomic E-state index is 11.7. The van der Waals surface area contributed by atoms with E-state index in [0.717, 1.165) is 12.6 Å². The van der Waals surface area contributed by atoms with Crippen molar-refractivity contribution in [3.63, 3.8) is 0 Å².